The van der Waals surface area contributed by atoms with E-state index in [1.54, 1.807) is 12.1 Å². The Morgan fingerprint density at radius 1 is 1.25 bits per heavy atom. The molecule has 4 nitrogen and oxygen atoms in total. The van der Waals surface area contributed by atoms with E-state index < -0.39 is 9.84 Å². The van der Waals surface area contributed by atoms with Crippen molar-refractivity contribution in [3.05, 3.63) is 29.8 Å². The van der Waals surface area contributed by atoms with Crippen LogP contribution in [0.3, 0.4) is 0 Å². The maximum atomic E-state index is 11.5. The van der Waals surface area contributed by atoms with Gasteiger partial charge < -0.3 is 10.1 Å². The number of sulfone groups is 1. The topological polar surface area (TPSA) is 55.4 Å². The van der Waals surface area contributed by atoms with Crippen molar-refractivity contribution in [2.75, 3.05) is 19.5 Å². The molecule has 1 aromatic rings. The van der Waals surface area contributed by atoms with Crippen LogP contribution in [0, 0.1) is 0 Å². The zero-order valence-corrected chi connectivity index (χ0v) is 12.9. The van der Waals surface area contributed by atoms with Gasteiger partial charge in [0.2, 0.25) is 0 Å². The maximum absolute atomic E-state index is 11.5. The van der Waals surface area contributed by atoms with E-state index in [1.807, 2.05) is 12.1 Å². The molecule has 1 fully saturated rings. The van der Waals surface area contributed by atoms with Gasteiger partial charge in [-0.05, 0) is 37.0 Å². The lowest BCUT2D eigenvalue weighted by atomic mass is 10.0. The van der Waals surface area contributed by atoms with E-state index in [0.29, 0.717) is 10.9 Å². The molecule has 0 bridgehead atoms. The van der Waals surface area contributed by atoms with Crippen molar-refractivity contribution in [1.29, 1.82) is 0 Å². The van der Waals surface area contributed by atoms with Crippen LogP contribution in [0.5, 0.6) is 0 Å². The van der Waals surface area contributed by atoms with Crippen LogP contribution in [0.1, 0.15) is 37.8 Å². The fourth-order valence-electron chi connectivity index (χ4n) is 2.55. The van der Waals surface area contributed by atoms with Crippen molar-refractivity contribution in [2.24, 2.45) is 0 Å². The summed E-state index contributed by atoms with van der Waals surface area (Å²) in [7, 11) is -3.12. The Kier molecular flexibility index (Phi) is 5.18. The highest BCUT2D eigenvalue weighted by molar-refractivity contribution is 7.90. The molecule has 2 rings (SSSR count). The van der Waals surface area contributed by atoms with E-state index in [2.05, 4.69) is 12.2 Å². The van der Waals surface area contributed by atoms with E-state index in [0.717, 1.165) is 38.0 Å². The molecule has 1 heterocycles. The zero-order chi connectivity index (χ0) is 14.6. The molecular formula is C15H23NO3S. The molecule has 0 spiro atoms. The second-order valence-corrected chi connectivity index (χ2v) is 7.37. The molecule has 1 aliphatic heterocycles. The van der Waals surface area contributed by atoms with Gasteiger partial charge in [-0.1, -0.05) is 19.1 Å². The van der Waals surface area contributed by atoms with E-state index in [1.165, 1.54) is 6.26 Å². The van der Waals surface area contributed by atoms with Crippen LogP contribution in [-0.2, 0) is 14.6 Å². The first-order chi connectivity index (χ1) is 9.50. The minimum Gasteiger partial charge on any atom is -0.381 e. The summed E-state index contributed by atoms with van der Waals surface area (Å²) in [4.78, 5) is 0.377. The van der Waals surface area contributed by atoms with Crippen LogP contribution in [-0.4, -0.2) is 33.9 Å². The maximum Gasteiger partial charge on any atom is 0.175 e. The molecule has 0 radical (unpaired) electrons. The first-order valence-electron chi connectivity index (χ1n) is 7.14. The average molecular weight is 297 g/mol. The summed E-state index contributed by atoms with van der Waals surface area (Å²) in [5.74, 6) is 0. The lowest BCUT2D eigenvalue weighted by Crippen LogP contribution is -2.37. The molecule has 1 N–H and O–H groups in total. The fourth-order valence-corrected chi connectivity index (χ4v) is 3.18. The largest absolute Gasteiger partial charge is 0.381 e. The summed E-state index contributed by atoms with van der Waals surface area (Å²) in [5.41, 5.74) is 1.14. The van der Waals surface area contributed by atoms with Gasteiger partial charge in [-0.15, -0.1) is 0 Å². The van der Waals surface area contributed by atoms with E-state index in [9.17, 15) is 8.42 Å². The van der Waals surface area contributed by atoms with Crippen molar-refractivity contribution in [3.8, 4) is 0 Å². The minimum absolute atomic E-state index is 0.270. The molecule has 0 unspecified atom stereocenters. The van der Waals surface area contributed by atoms with Crippen molar-refractivity contribution in [3.63, 3.8) is 0 Å². The van der Waals surface area contributed by atoms with Crippen LogP contribution in [0.25, 0.3) is 0 Å². The number of rotatable bonds is 5. The van der Waals surface area contributed by atoms with Gasteiger partial charge in [-0.2, -0.15) is 0 Å². The highest BCUT2D eigenvalue weighted by Gasteiger charge is 2.18. The van der Waals surface area contributed by atoms with Gasteiger partial charge in [0.1, 0.15) is 0 Å². The Morgan fingerprint density at radius 3 is 2.35 bits per heavy atom. The molecule has 1 atom stereocenters. The molecule has 0 amide bonds. The predicted octanol–water partition coefficient (Wildman–Crippen LogP) is 2.31. The summed E-state index contributed by atoms with van der Waals surface area (Å²) >= 11 is 0. The first-order valence-corrected chi connectivity index (χ1v) is 9.03. The molecule has 112 valence electrons. The van der Waals surface area contributed by atoms with Crippen LogP contribution in [0.4, 0.5) is 0 Å². The number of benzene rings is 1. The zero-order valence-electron chi connectivity index (χ0n) is 12.1. The fraction of sp³-hybridized carbons (Fsp3) is 0.600. The number of hydrogen-bond donors (Lipinski definition) is 1. The molecule has 5 heteroatoms. The summed E-state index contributed by atoms with van der Waals surface area (Å²) in [6, 6.07) is 7.97. The third-order valence-electron chi connectivity index (χ3n) is 3.78. The standard InChI is InChI=1S/C15H23NO3S/c1-3-15(16-13-8-10-19-11-9-13)12-4-6-14(7-5-12)20(2,17)18/h4-7,13,15-16H,3,8-11H2,1-2H3/t15-/m0/s1. The van der Waals surface area contributed by atoms with Crippen molar-refractivity contribution in [2.45, 2.75) is 43.2 Å². The van der Waals surface area contributed by atoms with Gasteiger partial charge in [0, 0.05) is 31.6 Å². The van der Waals surface area contributed by atoms with Gasteiger partial charge in [0.15, 0.2) is 9.84 Å². The van der Waals surface area contributed by atoms with Gasteiger partial charge in [-0.3, -0.25) is 0 Å². The molecule has 0 aliphatic carbocycles. The highest BCUT2D eigenvalue weighted by atomic mass is 32.2. The van der Waals surface area contributed by atoms with Crippen LogP contribution in [0.15, 0.2) is 29.2 Å². The van der Waals surface area contributed by atoms with Gasteiger partial charge in [0.05, 0.1) is 4.90 Å². The summed E-state index contributed by atoms with van der Waals surface area (Å²) in [6.07, 6.45) is 4.30. The smallest absolute Gasteiger partial charge is 0.175 e. The summed E-state index contributed by atoms with van der Waals surface area (Å²) < 4.78 is 28.3. The second-order valence-electron chi connectivity index (χ2n) is 5.36. The molecule has 0 aromatic heterocycles. The Morgan fingerprint density at radius 2 is 1.85 bits per heavy atom. The molecule has 1 aromatic carbocycles. The molecule has 0 saturated carbocycles. The average Bonchev–Trinajstić information content (AvgIpc) is 2.45. The van der Waals surface area contributed by atoms with Crippen molar-refractivity contribution < 1.29 is 13.2 Å². The number of ether oxygens (including phenoxy) is 1. The Hall–Kier alpha value is -0.910. The lowest BCUT2D eigenvalue weighted by molar-refractivity contribution is 0.0746. The highest BCUT2D eigenvalue weighted by Crippen LogP contribution is 2.21. The van der Waals surface area contributed by atoms with Crippen LogP contribution >= 0.6 is 0 Å². The molecule has 1 saturated heterocycles. The van der Waals surface area contributed by atoms with Gasteiger partial charge >= 0.3 is 0 Å². The Labute approximate surface area is 121 Å². The first kappa shape index (κ1) is 15.5. The van der Waals surface area contributed by atoms with Crippen LogP contribution in [0.2, 0.25) is 0 Å². The lowest BCUT2D eigenvalue weighted by Gasteiger charge is -2.28. The Bertz CT molecular complexity index is 519. The van der Waals surface area contributed by atoms with E-state index in [-0.39, 0.29) is 6.04 Å². The third kappa shape index (κ3) is 4.04. The van der Waals surface area contributed by atoms with Gasteiger partial charge in [0.25, 0.3) is 0 Å². The third-order valence-corrected chi connectivity index (χ3v) is 4.91. The predicted molar refractivity (Wildman–Crippen MR) is 79.6 cm³/mol. The minimum atomic E-state index is -3.12. The van der Waals surface area contributed by atoms with E-state index in [4.69, 9.17) is 4.74 Å². The van der Waals surface area contributed by atoms with Crippen molar-refractivity contribution in [1.82, 2.24) is 5.32 Å². The Balaban J connectivity index is 2.07. The van der Waals surface area contributed by atoms with E-state index >= 15 is 0 Å². The monoisotopic (exact) mass is 297 g/mol. The second kappa shape index (κ2) is 6.70. The molecule has 20 heavy (non-hydrogen) atoms. The number of nitrogens with one attached hydrogen (secondary N) is 1. The number of hydrogen-bond acceptors (Lipinski definition) is 4. The quantitative estimate of drug-likeness (QED) is 0.906. The molecular weight excluding hydrogens is 274 g/mol. The normalized spacial score (nSPS) is 18.9. The SMILES string of the molecule is CC[C@H](NC1CCOCC1)c1ccc(S(C)(=O)=O)cc1. The summed E-state index contributed by atoms with van der Waals surface area (Å²) in [6.45, 7) is 3.78. The van der Waals surface area contributed by atoms with Crippen molar-refractivity contribution >= 4 is 9.84 Å². The summed E-state index contributed by atoms with van der Waals surface area (Å²) in [5, 5.41) is 3.65. The van der Waals surface area contributed by atoms with Gasteiger partial charge in [-0.25, -0.2) is 8.42 Å². The van der Waals surface area contributed by atoms with Crippen LogP contribution < -0.4 is 5.32 Å². The molecule has 1 aliphatic rings.